The molecule has 1 heterocycles. The molecule has 150 valence electrons. The van der Waals surface area contributed by atoms with E-state index in [1.165, 1.54) is 5.56 Å². The highest BCUT2D eigenvalue weighted by Crippen LogP contribution is 2.32. The first-order valence-electron chi connectivity index (χ1n) is 9.47. The van der Waals surface area contributed by atoms with Crippen LogP contribution in [0.2, 0.25) is 0 Å². The monoisotopic (exact) mass is 408 g/mol. The first kappa shape index (κ1) is 20.9. The molecule has 0 saturated carbocycles. The number of carbonyl (C=O) groups excluding carboxylic acids is 3. The molecule has 0 aromatic heterocycles. The van der Waals surface area contributed by atoms with Crippen LogP contribution in [0.5, 0.6) is 0 Å². The number of hydrogen-bond donors (Lipinski definition) is 1. The molecule has 29 heavy (non-hydrogen) atoms. The van der Waals surface area contributed by atoms with Gasteiger partial charge in [-0.1, -0.05) is 55.8 Å². The molecule has 1 aliphatic heterocycles. The van der Waals surface area contributed by atoms with Crippen LogP contribution in [0.1, 0.15) is 42.0 Å². The van der Waals surface area contributed by atoms with Crippen molar-refractivity contribution in [2.45, 2.75) is 33.6 Å². The minimum Gasteiger partial charge on any atom is -0.324 e. The van der Waals surface area contributed by atoms with Gasteiger partial charge in [-0.25, -0.2) is 0 Å². The Hall–Kier alpha value is -2.86. The topological polar surface area (TPSA) is 66.5 Å². The van der Waals surface area contributed by atoms with Crippen molar-refractivity contribution in [2.24, 2.45) is 0 Å². The minimum absolute atomic E-state index is 0.304. The quantitative estimate of drug-likeness (QED) is 0.699. The van der Waals surface area contributed by atoms with E-state index < -0.39 is 17.1 Å². The number of imide groups is 1. The minimum atomic E-state index is -0.441. The number of rotatable bonds is 5. The number of amides is 3. The highest BCUT2D eigenvalue weighted by Gasteiger charge is 2.36. The van der Waals surface area contributed by atoms with Gasteiger partial charge in [-0.2, -0.15) is 0 Å². The molecule has 2 aromatic carbocycles. The van der Waals surface area contributed by atoms with E-state index in [2.05, 4.69) is 19.2 Å². The van der Waals surface area contributed by atoms with Crippen molar-refractivity contribution >= 4 is 40.6 Å². The highest BCUT2D eigenvalue weighted by molar-refractivity contribution is 8.18. The predicted molar refractivity (Wildman–Crippen MR) is 118 cm³/mol. The Morgan fingerprint density at radius 1 is 1.10 bits per heavy atom. The maximum atomic E-state index is 12.6. The van der Waals surface area contributed by atoms with Crippen LogP contribution in [0.25, 0.3) is 6.08 Å². The first-order valence-corrected chi connectivity index (χ1v) is 10.3. The standard InChI is InChI=1S/C23H24N2O3S/c1-14(2)18-8-6-17(7-9-18)12-20-22(27)25(23(28)29-20)13-21(26)24-19-10-5-15(3)11-16(19)4/h5-12,14H,13H2,1-4H3,(H,24,26)/b20-12+. The van der Waals surface area contributed by atoms with E-state index >= 15 is 0 Å². The third-order valence-electron chi connectivity index (χ3n) is 4.73. The molecule has 0 atom stereocenters. The normalized spacial score (nSPS) is 15.5. The van der Waals surface area contributed by atoms with Crippen LogP contribution in [0.4, 0.5) is 10.5 Å². The predicted octanol–water partition coefficient (Wildman–Crippen LogP) is 5.10. The summed E-state index contributed by atoms with van der Waals surface area (Å²) >= 11 is 0.859. The fraction of sp³-hybridized carbons (Fsp3) is 0.261. The average Bonchev–Trinajstić information content (AvgIpc) is 2.92. The molecule has 2 aromatic rings. The summed E-state index contributed by atoms with van der Waals surface area (Å²) in [6, 6.07) is 13.6. The Morgan fingerprint density at radius 2 is 1.79 bits per heavy atom. The van der Waals surface area contributed by atoms with Crippen molar-refractivity contribution in [3.05, 3.63) is 69.6 Å². The van der Waals surface area contributed by atoms with Crippen LogP contribution in [0, 0.1) is 13.8 Å². The van der Waals surface area contributed by atoms with Gasteiger partial charge < -0.3 is 5.32 Å². The smallest absolute Gasteiger partial charge is 0.294 e. The summed E-state index contributed by atoms with van der Waals surface area (Å²) in [4.78, 5) is 38.6. The van der Waals surface area contributed by atoms with Gasteiger partial charge in [0.2, 0.25) is 5.91 Å². The van der Waals surface area contributed by atoms with E-state index in [0.717, 1.165) is 33.4 Å². The highest BCUT2D eigenvalue weighted by atomic mass is 32.2. The SMILES string of the molecule is Cc1ccc(NC(=O)CN2C(=O)S/C(=C/c3ccc(C(C)C)cc3)C2=O)c(C)c1. The lowest BCUT2D eigenvalue weighted by Gasteiger charge is -2.14. The lowest BCUT2D eigenvalue weighted by Crippen LogP contribution is -2.36. The van der Waals surface area contributed by atoms with Crippen molar-refractivity contribution in [2.75, 3.05) is 11.9 Å². The summed E-state index contributed by atoms with van der Waals surface area (Å²) in [5, 5.41) is 2.34. The van der Waals surface area contributed by atoms with Crippen molar-refractivity contribution in [1.82, 2.24) is 4.90 Å². The fourth-order valence-electron chi connectivity index (χ4n) is 3.05. The summed E-state index contributed by atoms with van der Waals surface area (Å²) < 4.78 is 0. The molecule has 1 N–H and O–H groups in total. The lowest BCUT2D eigenvalue weighted by atomic mass is 10.0. The Bertz CT molecular complexity index is 994. The van der Waals surface area contributed by atoms with Gasteiger partial charge in [-0.15, -0.1) is 0 Å². The third-order valence-corrected chi connectivity index (χ3v) is 5.64. The van der Waals surface area contributed by atoms with E-state index in [-0.39, 0.29) is 6.54 Å². The zero-order valence-electron chi connectivity index (χ0n) is 17.0. The number of aryl methyl sites for hydroxylation is 2. The molecule has 1 saturated heterocycles. The number of carbonyl (C=O) groups is 3. The van der Waals surface area contributed by atoms with Gasteiger partial charge in [0.25, 0.3) is 11.1 Å². The summed E-state index contributed by atoms with van der Waals surface area (Å²) in [6.45, 7) is 7.80. The van der Waals surface area contributed by atoms with E-state index in [1.54, 1.807) is 6.08 Å². The fourth-order valence-corrected chi connectivity index (χ4v) is 3.89. The van der Waals surface area contributed by atoms with Gasteiger partial charge in [0.1, 0.15) is 6.54 Å². The van der Waals surface area contributed by atoms with Crippen molar-refractivity contribution in [3.63, 3.8) is 0 Å². The summed E-state index contributed by atoms with van der Waals surface area (Å²) in [7, 11) is 0. The second-order valence-electron chi connectivity index (χ2n) is 7.46. The molecule has 1 aliphatic rings. The lowest BCUT2D eigenvalue weighted by molar-refractivity contribution is -0.127. The summed E-state index contributed by atoms with van der Waals surface area (Å²) in [6.07, 6.45) is 1.69. The Balaban J connectivity index is 1.69. The van der Waals surface area contributed by atoms with Crippen LogP contribution < -0.4 is 5.32 Å². The molecular weight excluding hydrogens is 384 g/mol. The molecule has 1 fully saturated rings. The second kappa shape index (κ2) is 8.66. The van der Waals surface area contributed by atoms with Gasteiger partial charge in [0.15, 0.2) is 0 Å². The molecule has 6 heteroatoms. The Kier molecular flexibility index (Phi) is 6.23. The van der Waals surface area contributed by atoms with Crippen molar-refractivity contribution in [1.29, 1.82) is 0 Å². The van der Waals surface area contributed by atoms with Crippen molar-refractivity contribution < 1.29 is 14.4 Å². The molecule has 5 nitrogen and oxygen atoms in total. The number of nitrogens with one attached hydrogen (secondary N) is 1. The first-order chi connectivity index (χ1) is 13.7. The molecule has 0 unspecified atom stereocenters. The Labute approximate surface area is 175 Å². The number of hydrogen-bond acceptors (Lipinski definition) is 4. The maximum Gasteiger partial charge on any atom is 0.294 e. The number of thioether (sulfide) groups is 1. The van der Waals surface area contributed by atoms with Crippen LogP contribution in [0.3, 0.4) is 0 Å². The maximum absolute atomic E-state index is 12.6. The number of anilines is 1. The zero-order chi connectivity index (χ0) is 21.1. The number of benzene rings is 2. The number of nitrogens with zero attached hydrogens (tertiary/aromatic N) is 1. The van der Waals surface area contributed by atoms with Gasteiger partial charge in [-0.3, -0.25) is 19.3 Å². The van der Waals surface area contributed by atoms with Crippen LogP contribution in [-0.4, -0.2) is 28.5 Å². The van der Waals surface area contributed by atoms with Crippen LogP contribution in [0.15, 0.2) is 47.4 Å². The average molecular weight is 409 g/mol. The van der Waals surface area contributed by atoms with Gasteiger partial charge in [0, 0.05) is 5.69 Å². The summed E-state index contributed by atoms with van der Waals surface area (Å²) in [5.41, 5.74) is 4.75. The van der Waals surface area contributed by atoms with E-state index in [1.807, 2.05) is 56.3 Å². The van der Waals surface area contributed by atoms with E-state index in [0.29, 0.717) is 16.5 Å². The Morgan fingerprint density at radius 3 is 2.41 bits per heavy atom. The largest absolute Gasteiger partial charge is 0.324 e. The summed E-state index contributed by atoms with van der Waals surface area (Å²) in [5.74, 6) is -0.419. The molecular formula is C23H24N2O3S. The van der Waals surface area contributed by atoms with E-state index in [9.17, 15) is 14.4 Å². The molecule has 0 spiro atoms. The molecule has 0 aliphatic carbocycles. The molecule has 0 bridgehead atoms. The molecule has 0 radical (unpaired) electrons. The zero-order valence-corrected chi connectivity index (χ0v) is 17.8. The van der Waals surface area contributed by atoms with Gasteiger partial charge >= 0.3 is 0 Å². The molecule has 3 amide bonds. The van der Waals surface area contributed by atoms with Crippen LogP contribution in [-0.2, 0) is 9.59 Å². The van der Waals surface area contributed by atoms with Crippen molar-refractivity contribution in [3.8, 4) is 0 Å². The van der Waals surface area contributed by atoms with Gasteiger partial charge in [-0.05, 0) is 60.4 Å². The second-order valence-corrected chi connectivity index (χ2v) is 8.45. The van der Waals surface area contributed by atoms with E-state index in [4.69, 9.17) is 0 Å². The van der Waals surface area contributed by atoms with Gasteiger partial charge in [0.05, 0.1) is 4.91 Å². The van der Waals surface area contributed by atoms with Crippen LogP contribution >= 0.6 is 11.8 Å². The molecule has 3 rings (SSSR count). The third kappa shape index (κ3) is 4.95.